The first-order chi connectivity index (χ1) is 5.25. The van der Waals surface area contributed by atoms with Crippen molar-refractivity contribution in [1.29, 1.82) is 0 Å². The summed E-state index contributed by atoms with van der Waals surface area (Å²) in [6.45, 7) is 3.90. The number of hydrogen-bond acceptors (Lipinski definition) is 1. The van der Waals surface area contributed by atoms with Crippen LogP contribution in [0.5, 0.6) is 0 Å². The quantitative estimate of drug-likeness (QED) is 0.685. The zero-order valence-corrected chi connectivity index (χ0v) is 7.04. The van der Waals surface area contributed by atoms with Crippen molar-refractivity contribution in [3.05, 3.63) is 35.4 Å². The lowest BCUT2D eigenvalue weighted by Gasteiger charge is -2.09. The monoisotopic (exact) mass is 150 g/mol. The van der Waals surface area contributed by atoms with Gasteiger partial charge < -0.3 is 5.11 Å². The maximum Gasteiger partial charge on any atom is 0.0764 e. The fourth-order valence-electron chi connectivity index (χ4n) is 1.26. The summed E-state index contributed by atoms with van der Waals surface area (Å²) in [6, 6.07) is 8.00. The average Bonchev–Trinajstić information content (AvgIpc) is 2.04. The third kappa shape index (κ3) is 1.81. The van der Waals surface area contributed by atoms with Gasteiger partial charge in [0.15, 0.2) is 0 Å². The molecular formula is C10H14O. The van der Waals surface area contributed by atoms with E-state index < -0.39 is 0 Å². The zero-order valence-electron chi connectivity index (χ0n) is 7.04. The van der Waals surface area contributed by atoms with Gasteiger partial charge in [0.1, 0.15) is 0 Å². The van der Waals surface area contributed by atoms with E-state index in [1.807, 2.05) is 18.2 Å². The molecule has 0 fully saturated rings. The Bertz CT molecular complexity index is 228. The van der Waals surface area contributed by atoms with Gasteiger partial charge in [0.05, 0.1) is 6.10 Å². The molecule has 0 unspecified atom stereocenters. The minimum atomic E-state index is -0.342. The lowest BCUT2D eigenvalue weighted by molar-refractivity contribution is 0.198. The number of benzene rings is 1. The lowest BCUT2D eigenvalue weighted by atomic mass is 10.0. The summed E-state index contributed by atoms with van der Waals surface area (Å²) in [7, 11) is 0. The van der Waals surface area contributed by atoms with Gasteiger partial charge in [0, 0.05) is 0 Å². The van der Waals surface area contributed by atoms with Crippen LogP contribution in [0.15, 0.2) is 24.3 Å². The van der Waals surface area contributed by atoms with Crippen molar-refractivity contribution >= 4 is 0 Å². The van der Waals surface area contributed by atoms with Crippen LogP contribution >= 0.6 is 0 Å². The maximum absolute atomic E-state index is 9.34. The molecule has 1 atom stereocenters. The highest BCUT2D eigenvalue weighted by Crippen LogP contribution is 2.17. The van der Waals surface area contributed by atoms with Gasteiger partial charge in [-0.2, -0.15) is 0 Å². The van der Waals surface area contributed by atoms with Crippen LogP contribution in [-0.4, -0.2) is 5.11 Å². The van der Waals surface area contributed by atoms with E-state index in [9.17, 15) is 5.11 Å². The molecule has 0 saturated carbocycles. The summed E-state index contributed by atoms with van der Waals surface area (Å²) in [6.07, 6.45) is 0.646. The van der Waals surface area contributed by atoms with E-state index in [1.165, 1.54) is 5.56 Å². The molecule has 60 valence electrons. The molecule has 1 rings (SSSR count). The van der Waals surface area contributed by atoms with Crippen molar-refractivity contribution in [2.45, 2.75) is 26.4 Å². The first-order valence-corrected chi connectivity index (χ1v) is 4.01. The van der Waals surface area contributed by atoms with Crippen LogP contribution < -0.4 is 0 Å². The molecule has 0 spiro atoms. The van der Waals surface area contributed by atoms with Crippen molar-refractivity contribution in [2.24, 2.45) is 0 Å². The predicted octanol–water partition coefficient (Wildman–Crippen LogP) is 2.30. The van der Waals surface area contributed by atoms with Gasteiger partial charge in [-0.25, -0.2) is 0 Å². The lowest BCUT2D eigenvalue weighted by Crippen LogP contribution is -1.96. The number of aliphatic hydroxyl groups excluding tert-OH is 1. The van der Waals surface area contributed by atoms with E-state index in [0.717, 1.165) is 12.0 Å². The molecule has 0 amide bonds. The van der Waals surface area contributed by atoms with Crippen molar-refractivity contribution in [3.63, 3.8) is 0 Å². The highest BCUT2D eigenvalue weighted by molar-refractivity contribution is 5.28. The van der Waals surface area contributed by atoms with Gasteiger partial charge in [-0.05, 0) is 24.5 Å². The first kappa shape index (κ1) is 8.28. The van der Waals surface area contributed by atoms with Crippen molar-refractivity contribution in [1.82, 2.24) is 0 Å². The van der Waals surface area contributed by atoms with Crippen LogP contribution in [0.2, 0.25) is 0 Å². The second-order valence-corrected chi connectivity index (χ2v) is 2.73. The second-order valence-electron chi connectivity index (χ2n) is 2.73. The number of aliphatic hydroxyl groups is 1. The van der Waals surface area contributed by atoms with Crippen molar-refractivity contribution < 1.29 is 5.11 Å². The topological polar surface area (TPSA) is 20.2 Å². The molecule has 0 aliphatic rings. The van der Waals surface area contributed by atoms with E-state index in [0.29, 0.717) is 0 Å². The fourth-order valence-corrected chi connectivity index (χ4v) is 1.26. The predicted molar refractivity (Wildman–Crippen MR) is 46.5 cm³/mol. The molecule has 0 heterocycles. The Balaban J connectivity index is 3.02. The smallest absolute Gasteiger partial charge is 0.0764 e. The molecule has 0 aliphatic carbocycles. The molecule has 1 aromatic rings. The molecule has 1 aromatic carbocycles. The van der Waals surface area contributed by atoms with Crippen molar-refractivity contribution in [3.8, 4) is 0 Å². The van der Waals surface area contributed by atoms with Crippen LogP contribution in [0, 0.1) is 0 Å². The summed E-state index contributed by atoms with van der Waals surface area (Å²) in [5.41, 5.74) is 2.29. The third-order valence-corrected chi connectivity index (χ3v) is 1.89. The molecule has 1 nitrogen and oxygen atoms in total. The summed E-state index contributed by atoms with van der Waals surface area (Å²) >= 11 is 0. The van der Waals surface area contributed by atoms with Gasteiger partial charge in [-0.3, -0.25) is 0 Å². The zero-order chi connectivity index (χ0) is 8.27. The highest BCUT2D eigenvalue weighted by Gasteiger charge is 2.03. The summed E-state index contributed by atoms with van der Waals surface area (Å²) in [5.74, 6) is 0. The Morgan fingerprint density at radius 3 is 2.45 bits per heavy atom. The number of aryl methyl sites for hydroxylation is 1. The van der Waals surface area contributed by atoms with E-state index in [4.69, 9.17) is 0 Å². The Labute approximate surface area is 67.7 Å². The molecule has 1 N–H and O–H groups in total. The minimum absolute atomic E-state index is 0.342. The molecule has 0 saturated heterocycles. The summed E-state index contributed by atoms with van der Waals surface area (Å²) in [5, 5.41) is 9.34. The van der Waals surface area contributed by atoms with Gasteiger partial charge >= 0.3 is 0 Å². The van der Waals surface area contributed by atoms with E-state index in [1.54, 1.807) is 6.92 Å². The van der Waals surface area contributed by atoms with E-state index in [2.05, 4.69) is 13.0 Å². The highest BCUT2D eigenvalue weighted by atomic mass is 16.3. The number of hydrogen-bond donors (Lipinski definition) is 1. The Morgan fingerprint density at radius 1 is 1.36 bits per heavy atom. The standard InChI is InChI=1S/C10H14O/c1-3-9-6-4-5-7-10(9)8(2)11/h4-8,11H,3H2,1-2H3/t8-/m0/s1. The van der Waals surface area contributed by atoms with Crippen LogP contribution in [-0.2, 0) is 6.42 Å². The van der Waals surface area contributed by atoms with Gasteiger partial charge in [0.25, 0.3) is 0 Å². The maximum atomic E-state index is 9.34. The van der Waals surface area contributed by atoms with Gasteiger partial charge in [-0.15, -0.1) is 0 Å². The molecular weight excluding hydrogens is 136 g/mol. The summed E-state index contributed by atoms with van der Waals surface area (Å²) < 4.78 is 0. The second kappa shape index (κ2) is 3.54. The van der Waals surface area contributed by atoms with Crippen LogP contribution in [0.3, 0.4) is 0 Å². The third-order valence-electron chi connectivity index (χ3n) is 1.89. The molecule has 1 heteroatoms. The average molecular weight is 150 g/mol. The Morgan fingerprint density at radius 2 is 2.00 bits per heavy atom. The molecule has 0 aromatic heterocycles. The SMILES string of the molecule is CCc1ccccc1[C@H](C)O. The van der Waals surface area contributed by atoms with Crippen LogP contribution in [0.4, 0.5) is 0 Å². The number of rotatable bonds is 2. The van der Waals surface area contributed by atoms with Gasteiger partial charge in [0.2, 0.25) is 0 Å². The summed E-state index contributed by atoms with van der Waals surface area (Å²) in [4.78, 5) is 0. The normalized spacial score (nSPS) is 13.0. The van der Waals surface area contributed by atoms with Crippen LogP contribution in [0.1, 0.15) is 31.1 Å². The van der Waals surface area contributed by atoms with Crippen LogP contribution in [0.25, 0.3) is 0 Å². The first-order valence-electron chi connectivity index (χ1n) is 4.01. The Hall–Kier alpha value is -0.820. The molecule has 0 bridgehead atoms. The largest absolute Gasteiger partial charge is 0.389 e. The molecule has 11 heavy (non-hydrogen) atoms. The molecule has 0 aliphatic heterocycles. The minimum Gasteiger partial charge on any atom is -0.389 e. The van der Waals surface area contributed by atoms with E-state index in [-0.39, 0.29) is 6.10 Å². The van der Waals surface area contributed by atoms with Crippen molar-refractivity contribution in [2.75, 3.05) is 0 Å². The molecule has 0 radical (unpaired) electrons. The Kier molecular flexibility index (Phi) is 2.66. The van der Waals surface area contributed by atoms with E-state index >= 15 is 0 Å². The van der Waals surface area contributed by atoms with Gasteiger partial charge in [-0.1, -0.05) is 31.2 Å². The fraction of sp³-hybridized carbons (Fsp3) is 0.400.